The molecule has 1 N–H and O–H groups in total. The Morgan fingerprint density at radius 2 is 1.94 bits per heavy atom. The number of rotatable bonds is 4. The normalized spacial score (nSPS) is 14.2. The van der Waals surface area contributed by atoms with E-state index in [0.29, 0.717) is 0 Å². The number of carbonyl (C=O) groups excluding carboxylic acids is 1. The molecule has 1 unspecified atom stereocenters. The van der Waals surface area contributed by atoms with E-state index < -0.39 is 23.1 Å². The summed E-state index contributed by atoms with van der Waals surface area (Å²) >= 11 is 0. The largest absolute Gasteiger partial charge is 0.464 e. The number of benzene rings is 1. The molecule has 1 atom stereocenters. The number of nitrogens with one attached hydrogen (secondary N) is 1. The van der Waals surface area contributed by atoms with Gasteiger partial charge < -0.3 is 10.1 Å². The number of halogens is 2. The predicted octanol–water partition coefficient (Wildman–Crippen LogP) is 1.96. The lowest BCUT2D eigenvalue weighted by Gasteiger charge is -2.27. The van der Waals surface area contributed by atoms with Crippen molar-refractivity contribution in [3.63, 3.8) is 0 Å². The Labute approximate surface area is 98.8 Å². The molecule has 3 nitrogen and oxygen atoms in total. The van der Waals surface area contributed by atoms with E-state index in [-0.39, 0.29) is 12.2 Å². The van der Waals surface area contributed by atoms with Gasteiger partial charge in [0, 0.05) is 0 Å². The van der Waals surface area contributed by atoms with Crippen LogP contribution in [0.25, 0.3) is 0 Å². The summed E-state index contributed by atoms with van der Waals surface area (Å²) in [4.78, 5) is 11.8. The van der Waals surface area contributed by atoms with Gasteiger partial charge in [0.25, 0.3) is 0 Å². The van der Waals surface area contributed by atoms with Crippen molar-refractivity contribution < 1.29 is 18.3 Å². The van der Waals surface area contributed by atoms with Crippen molar-refractivity contribution in [2.75, 3.05) is 13.7 Å². The Balaban J connectivity index is 3.30. The Kier molecular flexibility index (Phi) is 4.17. The highest BCUT2D eigenvalue weighted by Crippen LogP contribution is 2.27. The number of carbonyl (C=O) groups is 1. The number of esters is 1. The van der Waals surface area contributed by atoms with Gasteiger partial charge in [-0.1, -0.05) is 6.07 Å². The van der Waals surface area contributed by atoms with E-state index in [4.69, 9.17) is 4.74 Å². The maximum absolute atomic E-state index is 13.6. The molecular weight excluding hydrogens is 228 g/mol. The highest BCUT2D eigenvalue weighted by Gasteiger charge is 2.39. The first-order chi connectivity index (χ1) is 7.97. The van der Waals surface area contributed by atoms with E-state index in [2.05, 4.69) is 5.32 Å². The molecule has 0 saturated carbocycles. The molecule has 0 saturated heterocycles. The monoisotopic (exact) mass is 243 g/mol. The molecule has 0 aliphatic rings. The third-order valence-electron chi connectivity index (χ3n) is 2.65. The number of likely N-dealkylation sites (N-methyl/N-ethyl adjacent to an activating group) is 1. The Morgan fingerprint density at radius 1 is 1.41 bits per heavy atom. The fraction of sp³-hybridized carbons (Fsp3) is 0.417. The van der Waals surface area contributed by atoms with Crippen LogP contribution < -0.4 is 5.32 Å². The van der Waals surface area contributed by atoms with Crippen LogP contribution in [0.1, 0.15) is 19.4 Å². The lowest BCUT2D eigenvalue weighted by Crippen LogP contribution is -2.47. The highest BCUT2D eigenvalue weighted by atomic mass is 19.1. The average molecular weight is 243 g/mol. The highest BCUT2D eigenvalue weighted by molar-refractivity contribution is 5.82. The predicted molar refractivity (Wildman–Crippen MR) is 59.4 cm³/mol. The van der Waals surface area contributed by atoms with E-state index >= 15 is 0 Å². The summed E-state index contributed by atoms with van der Waals surface area (Å²) in [5.74, 6) is -2.28. The van der Waals surface area contributed by atoms with Gasteiger partial charge in [-0.25, -0.2) is 13.6 Å². The molecule has 1 rings (SSSR count). The fourth-order valence-corrected chi connectivity index (χ4v) is 1.58. The van der Waals surface area contributed by atoms with Crippen molar-refractivity contribution in [1.29, 1.82) is 0 Å². The van der Waals surface area contributed by atoms with E-state index in [9.17, 15) is 13.6 Å². The second-order valence-electron chi connectivity index (χ2n) is 3.69. The third-order valence-corrected chi connectivity index (χ3v) is 2.65. The topological polar surface area (TPSA) is 38.3 Å². The minimum atomic E-state index is -1.54. The van der Waals surface area contributed by atoms with Crippen molar-refractivity contribution in [2.45, 2.75) is 19.4 Å². The van der Waals surface area contributed by atoms with E-state index in [0.717, 1.165) is 12.1 Å². The molecule has 5 heteroatoms. The summed E-state index contributed by atoms with van der Waals surface area (Å²) in [5.41, 5.74) is -1.87. The van der Waals surface area contributed by atoms with Crippen molar-refractivity contribution in [1.82, 2.24) is 5.32 Å². The molecule has 0 bridgehead atoms. The van der Waals surface area contributed by atoms with Gasteiger partial charge in [0.15, 0.2) is 0 Å². The first kappa shape index (κ1) is 13.6. The van der Waals surface area contributed by atoms with Crippen molar-refractivity contribution in [2.24, 2.45) is 0 Å². The van der Waals surface area contributed by atoms with Gasteiger partial charge >= 0.3 is 5.97 Å². The molecule has 0 radical (unpaired) electrons. The van der Waals surface area contributed by atoms with E-state index in [1.54, 1.807) is 6.92 Å². The van der Waals surface area contributed by atoms with Crippen LogP contribution in [0.15, 0.2) is 18.2 Å². The fourth-order valence-electron chi connectivity index (χ4n) is 1.58. The van der Waals surface area contributed by atoms with Crippen LogP contribution in [0, 0.1) is 11.6 Å². The van der Waals surface area contributed by atoms with Gasteiger partial charge in [0.1, 0.15) is 17.2 Å². The summed E-state index contributed by atoms with van der Waals surface area (Å²) in [7, 11) is 1.45. The quantitative estimate of drug-likeness (QED) is 0.821. The summed E-state index contributed by atoms with van der Waals surface area (Å²) in [5, 5.41) is 2.61. The summed E-state index contributed by atoms with van der Waals surface area (Å²) < 4.78 is 32.1. The second kappa shape index (κ2) is 5.23. The van der Waals surface area contributed by atoms with Crippen LogP contribution in [0.5, 0.6) is 0 Å². The number of ether oxygens (including phenoxy) is 1. The van der Waals surface area contributed by atoms with E-state index in [1.807, 2.05) is 0 Å². The minimum Gasteiger partial charge on any atom is -0.464 e. The molecule has 1 aromatic rings. The van der Waals surface area contributed by atoms with Crippen molar-refractivity contribution in [3.8, 4) is 0 Å². The van der Waals surface area contributed by atoms with Crippen LogP contribution in [0.4, 0.5) is 8.78 Å². The van der Waals surface area contributed by atoms with Crippen LogP contribution >= 0.6 is 0 Å². The van der Waals surface area contributed by atoms with Gasteiger partial charge in [0.2, 0.25) is 0 Å². The third kappa shape index (κ3) is 2.44. The minimum absolute atomic E-state index is 0.145. The van der Waals surface area contributed by atoms with Crippen LogP contribution in [0.2, 0.25) is 0 Å². The maximum Gasteiger partial charge on any atom is 0.330 e. The smallest absolute Gasteiger partial charge is 0.330 e. The molecule has 0 spiro atoms. The summed E-state index contributed by atoms with van der Waals surface area (Å²) in [6.45, 7) is 3.16. The molecule has 0 fully saturated rings. The molecule has 0 aliphatic carbocycles. The van der Waals surface area contributed by atoms with Crippen LogP contribution in [0.3, 0.4) is 0 Å². The van der Waals surface area contributed by atoms with E-state index in [1.165, 1.54) is 20.0 Å². The molecule has 1 aromatic carbocycles. The van der Waals surface area contributed by atoms with Gasteiger partial charge in [-0.15, -0.1) is 0 Å². The van der Waals surface area contributed by atoms with Gasteiger partial charge in [-0.3, -0.25) is 0 Å². The SMILES string of the molecule is CCOC(=O)C(C)(NC)c1c(F)cccc1F. The second-order valence-corrected chi connectivity index (χ2v) is 3.69. The van der Waals surface area contributed by atoms with Gasteiger partial charge in [-0.2, -0.15) is 0 Å². The van der Waals surface area contributed by atoms with Crippen molar-refractivity contribution in [3.05, 3.63) is 35.4 Å². The van der Waals surface area contributed by atoms with Crippen LogP contribution in [-0.2, 0) is 15.1 Å². The first-order valence-electron chi connectivity index (χ1n) is 5.28. The molecule has 17 heavy (non-hydrogen) atoms. The first-order valence-corrected chi connectivity index (χ1v) is 5.28. The number of hydrogen-bond donors (Lipinski definition) is 1. The van der Waals surface area contributed by atoms with Crippen molar-refractivity contribution >= 4 is 5.97 Å². The zero-order valence-corrected chi connectivity index (χ0v) is 10.0. The molecule has 0 aromatic heterocycles. The summed E-state index contributed by atoms with van der Waals surface area (Å²) in [6, 6.07) is 3.45. The standard InChI is InChI=1S/C12H15F2NO2/c1-4-17-11(16)12(2,15-3)10-8(13)6-5-7-9(10)14/h5-7,15H,4H2,1-3H3. The zero-order valence-electron chi connectivity index (χ0n) is 10.0. The average Bonchev–Trinajstić information content (AvgIpc) is 2.28. The Hall–Kier alpha value is -1.49. The molecule has 0 amide bonds. The maximum atomic E-state index is 13.6. The zero-order chi connectivity index (χ0) is 13.1. The molecule has 0 aliphatic heterocycles. The van der Waals surface area contributed by atoms with Gasteiger partial charge in [0.05, 0.1) is 12.2 Å². The Morgan fingerprint density at radius 3 is 2.35 bits per heavy atom. The van der Waals surface area contributed by atoms with Gasteiger partial charge in [-0.05, 0) is 33.0 Å². The lowest BCUT2D eigenvalue weighted by molar-refractivity contribution is -0.151. The lowest BCUT2D eigenvalue weighted by atomic mass is 9.91. The number of hydrogen-bond acceptors (Lipinski definition) is 3. The van der Waals surface area contributed by atoms with Crippen LogP contribution in [-0.4, -0.2) is 19.6 Å². The molecule has 0 heterocycles. The molecular formula is C12H15F2NO2. The molecule has 94 valence electrons. The Bertz CT molecular complexity index is 403. The summed E-state index contributed by atoms with van der Waals surface area (Å²) in [6.07, 6.45) is 0.